The van der Waals surface area contributed by atoms with Crippen LogP contribution in [0.2, 0.25) is 0 Å². The van der Waals surface area contributed by atoms with Gasteiger partial charge >= 0.3 is 0 Å². The third kappa shape index (κ3) is 5.86. The highest BCUT2D eigenvalue weighted by molar-refractivity contribution is 5.79. The highest BCUT2D eigenvalue weighted by Gasteiger charge is 2.27. The predicted molar refractivity (Wildman–Crippen MR) is 124 cm³/mol. The zero-order valence-corrected chi connectivity index (χ0v) is 19.5. The molecule has 0 aliphatic carbocycles. The maximum absolute atomic E-state index is 6.20. The number of rotatable bonds is 7. The smallest absolute Gasteiger partial charge is 0.191 e. The Bertz CT molecular complexity index is 888. The molecule has 3 atom stereocenters. The number of ether oxygens (including phenoxy) is 2. The van der Waals surface area contributed by atoms with Crippen molar-refractivity contribution in [3.63, 3.8) is 0 Å². The molecule has 3 heterocycles. The van der Waals surface area contributed by atoms with Crippen LogP contribution in [0, 0.1) is 19.8 Å². The van der Waals surface area contributed by atoms with Gasteiger partial charge in [0.15, 0.2) is 11.8 Å². The summed E-state index contributed by atoms with van der Waals surface area (Å²) in [5, 5.41) is 15.4. The van der Waals surface area contributed by atoms with Gasteiger partial charge < -0.3 is 24.7 Å². The van der Waals surface area contributed by atoms with E-state index >= 15 is 0 Å². The number of nitrogens with one attached hydrogen (secondary N) is 2. The molecule has 8 heteroatoms. The molecule has 2 fully saturated rings. The van der Waals surface area contributed by atoms with Gasteiger partial charge in [-0.2, -0.15) is 0 Å². The highest BCUT2D eigenvalue weighted by atomic mass is 16.5. The van der Waals surface area contributed by atoms with Crippen molar-refractivity contribution in [3.8, 4) is 0 Å². The number of aryl methyl sites for hydroxylation is 2. The van der Waals surface area contributed by atoms with E-state index in [0.717, 1.165) is 69.6 Å². The summed E-state index contributed by atoms with van der Waals surface area (Å²) in [6.07, 6.45) is 4.79. The molecule has 0 saturated carbocycles. The van der Waals surface area contributed by atoms with E-state index in [0.29, 0.717) is 12.5 Å². The van der Waals surface area contributed by atoms with Crippen LogP contribution in [0.4, 0.5) is 0 Å². The van der Waals surface area contributed by atoms with Crippen molar-refractivity contribution < 1.29 is 9.47 Å². The monoisotopic (exact) mass is 440 g/mol. The van der Waals surface area contributed by atoms with Gasteiger partial charge in [-0.05, 0) is 45.1 Å². The first-order valence-electron chi connectivity index (χ1n) is 11.8. The van der Waals surface area contributed by atoms with Crippen molar-refractivity contribution in [2.75, 3.05) is 26.3 Å². The van der Waals surface area contributed by atoms with Gasteiger partial charge in [0.1, 0.15) is 12.4 Å². The minimum atomic E-state index is 0.109. The molecule has 4 rings (SSSR count). The maximum atomic E-state index is 6.20. The van der Waals surface area contributed by atoms with Crippen LogP contribution in [0.5, 0.6) is 0 Å². The molecule has 1 aromatic heterocycles. The summed E-state index contributed by atoms with van der Waals surface area (Å²) in [7, 11) is 1.97. The standard InChI is InChI=1S/C24H36N6O2/c1-17-8-10-19(11-9-17)23-20(6-4-13-32-23)14-25-24(26-15-21-7-5-12-31-21)27-16-22-29-28-18(2)30(22)3/h8-11,20-21,23H,4-7,12-16H2,1-3H3,(H2,25,26,27). The Balaban J connectivity index is 1.41. The molecule has 1 aromatic carbocycles. The number of aromatic nitrogens is 3. The summed E-state index contributed by atoms with van der Waals surface area (Å²) in [6.45, 7) is 7.76. The Hall–Kier alpha value is -2.45. The van der Waals surface area contributed by atoms with E-state index in [9.17, 15) is 0 Å². The van der Waals surface area contributed by atoms with Crippen molar-refractivity contribution in [2.45, 2.75) is 58.3 Å². The van der Waals surface area contributed by atoms with E-state index in [1.54, 1.807) is 0 Å². The first-order valence-corrected chi connectivity index (χ1v) is 11.8. The van der Waals surface area contributed by atoms with Gasteiger partial charge in [-0.1, -0.05) is 29.8 Å². The quantitative estimate of drug-likeness (QED) is 0.509. The lowest BCUT2D eigenvalue weighted by Crippen LogP contribution is -2.44. The van der Waals surface area contributed by atoms with Gasteiger partial charge in [0, 0.05) is 39.3 Å². The minimum absolute atomic E-state index is 0.109. The Morgan fingerprint density at radius 2 is 1.78 bits per heavy atom. The van der Waals surface area contributed by atoms with Crippen LogP contribution < -0.4 is 10.6 Å². The van der Waals surface area contributed by atoms with E-state index in [-0.39, 0.29) is 12.2 Å². The van der Waals surface area contributed by atoms with Crippen LogP contribution in [0.1, 0.15) is 54.6 Å². The van der Waals surface area contributed by atoms with E-state index < -0.39 is 0 Å². The number of nitrogens with zero attached hydrogens (tertiary/aromatic N) is 4. The van der Waals surface area contributed by atoms with Gasteiger partial charge in [-0.15, -0.1) is 10.2 Å². The van der Waals surface area contributed by atoms with Gasteiger partial charge in [0.2, 0.25) is 0 Å². The lowest BCUT2D eigenvalue weighted by Gasteiger charge is -2.32. The predicted octanol–water partition coefficient (Wildman–Crippen LogP) is 2.81. The molecular formula is C24H36N6O2. The van der Waals surface area contributed by atoms with Gasteiger partial charge in [-0.3, -0.25) is 0 Å². The topological polar surface area (TPSA) is 85.6 Å². The molecule has 0 bridgehead atoms. The van der Waals surface area contributed by atoms with E-state index in [4.69, 9.17) is 14.5 Å². The van der Waals surface area contributed by atoms with Crippen molar-refractivity contribution >= 4 is 5.96 Å². The summed E-state index contributed by atoms with van der Waals surface area (Å²) < 4.78 is 13.9. The number of aliphatic imine (C=N–C) groups is 1. The molecule has 3 unspecified atom stereocenters. The summed E-state index contributed by atoms with van der Waals surface area (Å²) in [6, 6.07) is 8.71. The largest absolute Gasteiger partial charge is 0.376 e. The number of benzene rings is 1. The zero-order chi connectivity index (χ0) is 22.3. The number of hydrogen-bond acceptors (Lipinski definition) is 5. The van der Waals surface area contributed by atoms with Gasteiger partial charge in [-0.25, -0.2) is 4.99 Å². The summed E-state index contributed by atoms with van der Waals surface area (Å²) >= 11 is 0. The molecule has 0 radical (unpaired) electrons. The molecular weight excluding hydrogens is 404 g/mol. The van der Waals surface area contributed by atoms with Crippen LogP contribution in [0.15, 0.2) is 29.3 Å². The Morgan fingerprint density at radius 1 is 1.03 bits per heavy atom. The molecule has 8 nitrogen and oxygen atoms in total. The number of guanidine groups is 1. The molecule has 2 saturated heterocycles. The fraction of sp³-hybridized carbons (Fsp3) is 0.625. The summed E-state index contributed by atoms with van der Waals surface area (Å²) in [5.41, 5.74) is 2.52. The zero-order valence-electron chi connectivity index (χ0n) is 19.5. The molecule has 0 amide bonds. The van der Waals surface area contributed by atoms with E-state index in [1.165, 1.54) is 11.1 Å². The first-order chi connectivity index (χ1) is 15.6. The van der Waals surface area contributed by atoms with Crippen molar-refractivity contribution in [1.29, 1.82) is 0 Å². The fourth-order valence-corrected chi connectivity index (χ4v) is 4.33. The second-order valence-electron chi connectivity index (χ2n) is 8.89. The lowest BCUT2D eigenvalue weighted by atomic mass is 9.89. The highest BCUT2D eigenvalue weighted by Crippen LogP contribution is 2.33. The molecule has 2 aliphatic heterocycles. The fourth-order valence-electron chi connectivity index (χ4n) is 4.33. The first kappa shape index (κ1) is 22.7. The molecule has 2 aliphatic rings. The van der Waals surface area contributed by atoms with Crippen LogP contribution in [0.25, 0.3) is 0 Å². The summed E-state index contributed by atoms with van der Waals surface area (Å²) in [5.74, 6) is 2.91. The third-order valence-corrected chi connectivity index (χ3v) is 6.46. The normalized spacial score (nSPS) is 24.0. The van der Waals surface area contributed by atoms with E-state index in [1.807, 2.05) is 18.5 Å². The molecule has 2 aromatic rings. The van der Waals surface area contributed by atoms with Crippen molar-refractivity contribution in [2.24, 2.45) is 18.0 Å². The van der Waals surface area contributed by atoms with Crippen LogP contribution in [-0.2, 0) is 23.1 Å². The second kappa shape index (κ2) is 10.9. The van der Waals surface area contributed by atoms with Gasteiger partial charge in [0.05, 0.1) is 12.2 Å². The Kier molecular flexibility index (Phi) is 7.76. The van der Waals surface area contributed by atoms with Crippen molar-refractivity contribution in [1.82, 2.24) is 25.4 Å². The molecule has 0 spiro atoms. The van der Waals surface area contributed by atoms with Crippen LogP contribution in [0.3, 0.4) is 0 Å². The third-order valence-electron chi connectivity index (χ3n) is 6.46. The van der Waals surface area contributed by atoms with Crippen molar-refractivity contribution in [3.05, 3.63) is 47.0 Å². The van der Waals surface area contributed by atoms with Crippen LogP contribution >= 0.6 is 0 Å². The average molecular weight is 441 g/mol. The molecule has 32 heavy (non-hydrogen) atoms. The lowest BCUT2D eigenvalue weighted by molar-refractivity contribution is -0.0265. The second-order valence-corrected chi connectivity index (χ2v) is 8.89. The van der Waals surface area contributed by atoms with E-state index in [2.05, 4.69) is 52.0 Å². The van der Waals surface area contributed by atoms with Gasteiger partial charge in [0.25, 0.3) is 0 Å². The number of hydrogen-bond donors (Lipinski definition) is 2. The SMILES string of the molecule is Cc1ccc(C2OCCCC2CNC(=NCc2nnc(C)n2C)NCC2CCCO2)cc1. The maximum Gasteiger partial charge on any atom is 0.191 e. The average Bonchev–Trinajstić information content (AvgIpc) is 3.44. The summed E-state index contributed by atoms with van der Waals surface area (Å²) in [4.78, 5) is 4.80. The molecule has 174 valence electrons. The Labute approximate surface area is 190 Å². The Morgan fingerprint density at radius 3 is 2.50 bits per heavy atom. The minimum Gasteiger partial charge on any atom is -0.376 e. The van der Waals surface area contributed by atoms with Crippen LogP contribution in [-0.4, -0.2) is 53.1 Å². The molecule has 2 N–H and O–H groups in total.